The van der Waals surface area contributed by atoms with Crippen LogP contribution in [-0.2, 0) is 0 Å². The number of amides is 1. The van der Waals surface area contributed by atoms with Crippen LogP contribution in [0.4, 0.5) is 17.3 Å². The summed E-state index contributed by atoms with van der Waals surface area (Å²) < 4.78 is 10.4. The molecule has 0 fully saturated rings. The maximum absolute atomic E-state index is 12.5. The summed E-state index contributed by atoms with van der Waals surface area (Å²) in [6.07, 6.45) is 2.94. The molecular weight excluding hydrogens is 344 g/mol. The fourth-order valence-corrected chi connectivity index (χ4v) is 2.46. The molecule has 1 aromatic heterocycles. The molecule has 7 heteroatoms. The Bertz CT molecular complexity index is 942. The van der Waals surface area contributed by atoms with Crippen LogP contribution in [-0.4, -0.2) is 30.1 Å². The SMILES string of the molecule is COc1ccc(NC(=O)c2cnc(Nc3cccc(C)c3)nc2)c(OC)c1. The van der Waals surface area contributed by atoms with E-state index < -0.39 is 0 Å². The van der Waals surface area contributed by atoms with Gasteiger partial charge in [-0.1, -0.05) is 12.1 Å². The van der Waals surface area contributed by atoms with Crippen molar-refractivity contribution >= 4 is 23.2 Å². The minimum Gasteiger partial charge on any atom is -0.497 e. The van der Waals surface area contributed by atoms with Gasteiger partial charge in [-0.25, -0.2) is 9.97 Å². The van der Waals surface area contributed by atoms with Crippen LogP contribution in [0, 0.1) is 6.92 Å². The Morgan fingerprint density at radius 2 is 1.78 bits per heavy atom. The van der Waals surface area contributed by atoms with Gasteiger partial charge in [0, 0.05) is 24.1 Å². The van der Waals surface area contributed by atoms with Gasteiger partial charge in [0.1, 0.15) is 11.5 Å². The summed E-state index contributed by atoms with van der Waals surface area (Å²) in [5.74, 6) is 1.22. The van der Waals surface area contributed by atoms with Gasteiger partial charge < -0.3 is 20.1 Å². The largest absolute Gasteiger partial charge is 0.497 e. The van der Waals surface area contributed by atoms with Crippen LogP contribution >= 0.6 is 0 Å². The van der Waals surface area contributed by atoms with Gasteiger partial charge in [0.15, 0.2) is 0 Å². The normalized spacial score (nSPS) is 10.2. The number of hydrogen-bond donors (Lipinski definition) is 2. The van der Waals surface area contributed by atoms with Crippen molar-refractivity contribution in [2.45, 2.75) is 6.92 Å². The second-order valence-corrected chi connectivity index (χ2v) is 5.81. The Morgan fingerprint density at radius 3 is 2.44 bits per heavy atom. The number of nitrogens with one attached hydrogen (secondary N) is 2. The fourth-order valence-electron chi connectivity index (χ4n) is 2.46. The zero-order valence-electron chi connectivity index (χ0n) is 15.3. The molecule has 3 rings (SSSR count). The molecule has 138 valence electrons. The lowest BCUT2D eigenvalue weighted by Crippen LogP contribution is -2.13. The molecule has 0 aliphatic rings. The zero-order chi connectivity index (χ0) is 19.2. The number of aryl methyl sites for hydroxylation is 1. The van der Waals surface area contributed by atoms with Gasteiger partial charge in [-0.15, -0.1) is 0 Å². The highest BCUT2D eigenvalue weighted by molar-refractivity contribution is 6.04. The lowest BCUT2D eigenvalue weighted by atomic mass is 10.2. The highest BCUT2D eigenvalue weighted by Gasteiger charge is 2.12. The fraction of sp³-hybridized carbons (Fsp3) is 0.150. The molecule has 0 unspecified atom stereocenters. The Labute approximate surface area is 157 Å². The van der Waals surface area contributed by atoms with Gasteiger partial charge in [-0.3, -0.25) is 4.79 Å². The van der Waals surface area contributed by atoms with Gasteiger partial charge in [0.2, 0.25) is 5.95 Å². The van der Waals surface area contributed by atoms with E-state index in [0.29, 0.717) is 28.7 Å². The van der Waals surface area contributed by atoms with E-state index in [-0.39, 0.29) is 5.91 Å². The molecule has 2 N–H and O–H groups in total. The number of benzene rings is 2. The second kappa shape index (κ2) is 8.18. The number of anilines is 3. The molecule has 0 spiro atoms. The minimum atomic E-state index is -0.333. The molecule has 0 saturated carbocycles. The molecule has 27 heavy (non-hydrogen) atoms. The Balaban J connectivity index is 1.71. The first-order valence-corrected chi connectivity index (χ1v) is 8.28. The predicted octanol–water partition coefficient (Wildman–Crippen LogP) is 3.80. The highest BCUT2D eigenvalue weighted by Crippen LogP contribution is 2.29. The summed E-state index contributed by atoms with van der Waals surface area (Å²) >= 11 is 0. The Morgan fingerprint density at radius 1 is 1.00 bits per heavy atom. The Kier molecular flexibility index (Phi) is 5.51. The first kappa shape index (κ1) is 18.2. The van der Waals surface area contributed by atoms with Crippen LogP contribution in [0.15, 0.2) is 54.9 Å². The van der Waals surface area contributed by atoms with Gasteiger partial charge in [0.25, 0.3) is 5.91 Å². The van der Waals surface area contributed by atoms with Gasteiger partial charge in [-0.2, -0.15) is 0 Å². The smallest absolute Gasteiger partial charge is 0.258 e. The number of carbonyl (C=O) groups is 1. The van der Waals surface area contributed by atoms with Gasteiger partial charge in [0.05, 0.1) is 25.5 Å². The van der Waals surface area contributed by atoms with Crippen LogP contribution < -0.4 is 20.1 Å². The van der Waals surface area contributed by atoms with Gasteiger partial charge in [-0.05, 0) is 36.8 Å². The molecule has 0 aliphatic heterocycles. The molecule has 1 heterocycles. The number of ether oxygens (including phenoxy) is 2. The molecule has 2 aromatic carbocycles. The third-order valence-electron chi connectivity index (χ3n) is 3.85. The average Bonchev–Trinajstić information content (AvgIpc) is 2.69. The minimum absolute atomic E-state index is 0.333. The summed E-state index contributed by atoms with van der Waals surface area (Å²) in [7, 11) is 3.09. The maximum atomic E-state index is 12.5. The number of hydrogen-bond acceptors (Lipinski definition) is 6. The first-order chi connectivity index (χ1) is 13.1. The second-order valence-electron chi connectivity index (χ2n) is 5.81. The quantitative estimate of drug-likeness (QED) is 0.692. The van der Waals surface area contributed by atoms with Crippen molar-refractivity contribution in [1.29, 1.82) is 0 Å². The van der Waals surface area contributed by atoms with Crippen LogP contribution in [0.25, 0.3) is 0 Å². The molecule has 0 bridgehead atoms. The average molecular weight is 364 g/mol. The topological polar surface area (TPSA) is 85.4 Å². The van der Waals surface area contributed by atoms with E-state index in [9.17, 15) is 4.79 Å². The number of methoxy groups -OCH3 is 2. The van der Waals surface area contributed by atoms with E-state index >= 15 is 0 Å². The summed E-state index contributed by atoms with van der Waals surface area (Å²) in [4.78, 5) is 20.9. The Hall–Kier alpha value is -3.61. The van der Waals surface area contributed by atoms with Crippen molar-refractivity contribution in [2.75, 3.05) is 24.9 Å². The van der Waals surface area contributed by atoms with Crippen molar-refractivity contribution in [3.05, 3.63) is 66.0 Å². The van der Waals surface area contributed by atoms with Crippen LogP contribution in [0.3, 0.4) is 0 Å². The van der Waals surface area contributed by atoms with E-state index in [1.807, 2.05) is 31.2 Å². The van der Waals surface area contributed by atoms with E-state index in [1.165, 1.54) is 19.5 Å². The standard InChI is InChI=1S/C20H20N4O3/c1-13-5-4-6-15(9-13)23-20-21-11-14(12-22-20)19(25)24-17-8-7-16(26-2)10-18(17)27-3/h4-12H,1-3H3,(H,24,25)(H,21,22,23). The monoisotopic (exact) mass is 364 g/mol. The van der Waals surface area contributed by atoms with E-state index in [0.717, 1.165) is 11.3 Å². The maximum Gasteiger partial charge on any atom is 0.258 e. The number of carbonyl (C=O) groups excluding carboxylic acids is 1. The summed E-state index contributed by atoms with van der Waals surface area (Å²) in [6, 6.07) is 13.0. The summed E-state index contributed by atoms with van der Waals surface area (Å²) in [5, 5.41) is 5.89. The van der Waals surface area contributed by atoms with Crippen molar-refractivity contribution in [1.82, 2.24) is 9.97 Å². The van der Waals surface area contributed by atoms with E-state index in [1.54, 1.807) is 25.3 Å². The van der Waals surface area contributed by atoms with Crippen molar-refractivity contribution < 1.29 is 14.3 Å². The first-order valence-electron chi connectivity index (χ1n) is 8.28. The summed E-state index contributed by atoms with van der Waals surface area (Å²) in [6.45, 7) is 2.01. The number of aromatic nitrogens is 2. The third-order valence-corrected chi connectivity index (χ3v) is 3.85. The number of rotatable bonds is 6. The summed E-state index contributed by atoms with van der Waals surface area (Å²) in [5.41, 5.74) is 2.88. The van der Waals surface area contributed by atoms with Crippen molar-refractivity contribution in [3.63, 3.8) is 0 Å². The lowest BCUT2D eigenvalue weighted by molar-refractivity contribution is 0.102. The molecule has 0 saturated heterocycles. The molecule has 7 nitrogen and oxygen atoms in total. The molecule has 0 aliphatic carbocycles. The molecular formula is C20H20N4O3. The number of nitrogens with zero attached hydrogens (tertiary/aromatic N) is 2. The zero-order valence-corrected chi connectivity index (χ0v) is 15.3. The predicted molar refractivity (Wildman–Crippen MR) is 104 cm³/mol. The van der Waals surface area contributed by atoms with Crippen molar-refractivity contribution in [3.8, 4) is 11.5 Å². The molecule has 1 amide bonds. The van der Waals surface area contributed by atoms with E-state index in [4.69, 9.17) is 9.47 Å². The van der Waals surface area contributed by atoms with Crippen molar-refractivity contribution in [2.24, 2.45) is 0 Å². The van der Waals surface area contributed by atoms with Gasteiger partial charge >= 0.3 is 0 Å². The molecule has 0 radical (unpaired) electrons. The highest BCUT2D eigenvalue weighted by atomic mass is 16.5. The van der Waals surface area contributed by atoms with Crippen LogP contribution in [0.2, 0.25) is 0 Å². The van der Waals surface area contributed by atoms with E-state index in [2.05, 4.69) is 20.6 Å². The van der Waals surface area contributed by atoms with Crippen LogP contribution in [0.1, 0.15) is 15.9 Å². The third kappa shape index (κ3) is 4.52. The molecule has 0 atom stereocenters. The molecule has 3 aromatic rings. The van der Waals surface area contributed by atoms with Crippen LogP contribution in [0.5, 0.6) is 11.5 Å². The lowest BCUT2D eigenvalue weighted by Gasteiger charge is -2.11.